The summed E-state index contributed by atoms with van der Waals surface area (Å²) in [4.78, 5) is 18.6. The summed E-state index contributed by atoms with van der Waals surface area (Å²) in [6, 6.07) is 7.61. The number of halogens is 1. The first-order chi connectivity index (χ1) is 12.5. The van der Waals surface area contributed by atoms with E-state index in [9.17, 15) is 9.18 Å². The van der Waals surface area contributed by atoms with Crippen molar-refractivity contribution in [3.63, 3.8) is 0 Å². The standard InChI is InChI=1S/C18H19FN4O2S/c1-11-10-26-17(20-11)12(2)23(3)18(24)15-8-13(21-22-15)9-25-16-7-5-4-6-14(16)19/h4-8,10,12H,9H2,1-3H3,(H,21,22). The lowest BCUT2D eigenvalue weighted by molar-refractivity contribution is 0.0736. The van der Waals surface area contributed by atoms with Crippen LogP contribution in [0.5, 0.6) is 5.75 Å². The molecule has 1 aromatic carbocycles. The van der Waals surface area contributed by atoms with Gasteiger partial charge in [0.2, 0.25) is 0 Å². The Morgan fingerprint density at radius 2 is 2.19 bits per heavy atom. The summed E-state index contributed by atoms with van der Waals surface area (Å²) in [5.74, 6) is -0.505. The number of nitrogens with zero attached hydrogens (tertiary/aromatic N) is 3. The van der Waals surface area contributed by atoms with Crippen molar-refractivity contribution in [2.75, 3.05) is 7.05 Å². The number of ether oxygens (including phenoxy) is 1. The molecule has 8 heteroatoms. The van der Waals surface area contributed by atoms with Crippen LogP contribution in [-0.4, -0.2) is 33.0 Å². The number of carbonyl (C=O) groups excluding carboxylic acids is 1. The summed E-state index contributed by atoms with van der Waals surface area (Å²) in [6.07, 6.45) is 0. The molecule has 0 aliphatic heterocycles. The molecule has 1 unspecified atom stereocenters. The Bertz CT molecular complexity index is 908. The highest BCUT2D eigenvalue weighted by Gasteiger charge is 2.23. The number of hydrogen-bond donors (Lipinski definition) is 1. The van der Waals surface area contributed by atoms with Gasteiger partial charge in [-0.3, -0.25) is 9.89 Å². The van der Waals surface area contributed by atoms with Crippen molar-refractivity contribution < 1.29 is 13.9 Å². The summed E-state index contributed by atoms with van der Waals surface area (Å²) in [6.45, 7) is 3.93. The number of aromatic amines is 1. The molecule has 136 valence electrons. The summed E-state index contributed by atoms with van der Waals surface area (Å²) >= 11 is 1.52. The number of aryl methyl sites for hydroxylation is 1. The molecular weight excluding hydrogens is 355 g/mol. The Morgan fingerprint density at radius 1 is 1.42 bits per heavy atom. The zero-order valence-electron chi connectivity index (χ0n) is 14.7. The lowest BCUT2D eigenvalue weighted by atomic mass is 10.2. The largest absolute Gasteiger partial charge is 0.484 e. The molecular formula is C18H19FN4O2S. The third-order valence-corrected chi connectivity index (χ3v) is 5.10. The van der Waals surface area contributed by atoms with Crippen molar-refractivity contribution in [1.29, 1.82) is 0 Å². The van der Waals surface area contributed by atoms with Gasteiger partial charge in [0.15, 0.2) is 17.3 Å². The van der Waals surface area contributed by atoms with E-state index >= 15 is 0 Å². The monoisotopic (exact) mass is 374 g/mol. The van der Waals surface area contributed by atoms with Crippen LogP contribution < -0.4 is 4.74 Å². The molecule has 1 atom stereocenters. The van der Waals surface area contributed by atoms with Crippen LogP contribution in [0, 0.1) is 12.7 Å². The number of H-pyrrole nitrogens is 1. The fourth-order valence-electron chi connectivity index (χ4n) is 2.35. The van der Waals surface area contributed by atoms with Gasteiger partial charge in [0.05, 0.1) is 11.7 Å². The predicted octanol–water partition coefficient (Wildman–Crippen LogP) is 3.73. The van der Waals surface area contributed by atoms with Crippen molar-refractivity contribution in [2.45, 2.75) is 26.5 Å². The van der Waals surface area contributed by atoms with Gasteiger partial charge in [-0.2, -0.15) is 5.10 Å². The SMILES string of the molecule is Cc1csc(C(C)N(C)C(=O)c2cc(COc3ccccc3F)[nH]n2)n1. The van der Waals surface area contributed by atoms with Crippen LogP contribution in [0.15, 0.2) is 35.7 Å². The van der Waals surface area contributed by atoms with Crippen molar-refractivity contribution in [1.82, 2.24) is 20.1 Å². The lowest BCUT2D eigenvalue weighted by Crippen LogP contribution is -2.29. The molecule has 2 heterocycles. The van der Waals surface area contributed by atoms with Gasteiger partial charge in [-0.05, 0) is 32.0 Å². The van der Waals surface area contributed by atoms with Gasteiger partial charge in [-0.1, -0.05) is 12.1 Å². The predicted molar refractivity (Wildman–Crippen MR) is 96.7 cm³/mol. The van der Waals surface area contributed by atoms with Crippen LogP contribution in [0.1, 0.15) is 39.8 Å². The van der Waals surface area contributed by atoms with E-state index in [4.69, 9.17) is 4.74 Å². The third-order valence-electron chi connectivity index (χ3n) is 3.97. The van der Waals surface area contributed by atoms with Gasteiger partial charge >= 0.3 is 0 Å². The number of para-hydroxylation sites is 1. The van der Waals surface area contributed by atoms with Crippen LogP contribution in [0.4, 0.5) is 4.39 Å². The van der Waals surface area contributed by atoms with E-state index in [-0.39, 0.29) is 30.0 Å². The average Bonchev–Trinajstić information content (AvgIpc) is 3.28. The molecule has 0 aliphatic rings. The highest BCUT2D eigenvalue weighted by Crippen LogP contribution is 2.24. The first-order valence-electron chi connectivity index (χ1n) is 8.06. The first kappa shape index (κ1) is 18.1. The number of rotatable bonds is 6. The minimum Gasteiger partial charge on any atom is -0.484 e. The number of nitrogens with one attached hydrogen (secondary N) is 1. The molecule has 1 N–H and O–H groups in total. The molecule has 6 nitrogen and oxygen atoms in total. The molecule has 1 amide bonds. The first-order valence-corrected chi connectivity index (χ1v) is 8.94. The minimum absolute atomic E-state index is 0.0894. The molecule has 26 heavy (non-hydrogen) atoms. The number of aromatic nitrogens is 3. The molecule has 0 fully saturated rings. The molecule has 0 saturated carbocycles. The molecule has 0 saturated heterocycles. The highest BCUT2D eigenvalue weighted by molar-refractivity contribution is 7.09. The Balaban J connectivity index is 1.65. The van der Waals surface area contributed by atoms with Crippen LogP contribution in [0.3, 0.4) is 0 Å². The Labute approximate surface area is 154 Å². The van der Waals surface area contributed by atoms with E-state index in [1.807, 2.05) is 19.2 Å². The zero-order chi connectivity index (χ0) is 18.7. The van der Waals surface area contributed by atoms with Gasteiger partial charge in [0.1, 0.15) is 11.6 Å². The lowest BCUT2D eigenvalue weighted by Gasteiger charge is -2.22. The van der Waals surface area contributed by atoms with E-state index in [0.29, 0.717) is 5.69 Å². The summed E-state index contributed by atoms with van der Waals surface area (Å²) < 4.78 is 19.0. The Morgan fingerprint density at radius 3 is 2.88 bits per heavy atom. The third kappa shape index (κ3) is 3.91. The van der Waals surface area contributed by atoms with Crippen LogP contribution in [0.25, 0.3) is 0 Å². The molecule has 0 bridgehead atoms. The number of benzene rings is 1. The maximum absolute atomic E-state index is 13.6. The van der Waals surface area contributed by atoms with Gasteiger partial charge in [0, 0.05) is 18.1 Å². The van der Waals surface area contributed by atoms with E-state index in [0.717, 1.165) is 10.7 Å². The van der Waals surface area contributed by atoms with Gasteiger partial charge < -0.3 is 9.64 Å². The van der Waals surface area contributed by atoms with E-state index in [2.05, 4.69) is 15.2 Å². The highest BCUT2D eigenvalue weighted by atomic mass is 32.1. The Kier molecular flexibility index (Phi) is 5.32. The van der Waals surface area contributed by atoms with Gasteiger partial charge in [0.25, 0.3) is 5.91 Å². The number of hydrogen-bond acceptors (Lipinski definition) is 5. The second kappa shape index (κ2) is 7.65. The summed E-state index contributed by atoms with van der Waals surface area (Å²) in [5.41, 5.74) is 1.80. The van der Waals surface area contributed by atoms with Crippen molar-refractivity contribution in [2.24, 2.45) is 0 Å². The molecule has 3 rings (SSSR count). The van der Waals surface area contributed by atoms with Crippen molar-refractivity contribution in [3.8, 4) is 5.75 Å². The van der Waals surface area contributed by atoms with Crippen LogP contribution in [-0.2, 0) is 6.61 Å². The fraction of sp³-hybridized carbons (Fsp3) is 0.278. The quantitative estimate of drug-likeness (QED) is 0.714. The smallest absolute Gasteiger partial charge is 0.274 e. The van der Waals surface area contributed by atoms with Crippen LogP contribution in [0.2, 0.25) is 0 Å². The average molecular weight is 374 g/mol. The summed E-state index contributed by atoms with van der Waals surface area (Å²) in [7, 11) is 1.72. The fourth-order valence-corrected chi connectivity index (χ4v) is 3.24. The zero-order valence-corrected chi connectivity index (χ0v) is 15.5. The second-order valence-electron chi connectivity index (χ2n) is 5.92. The number of thiazole rings is 1. The summed E-state index contributed by atoms with van der Waals surface area (Å²) in [5, 5.41) is 9.63. The molecule has 2 aromatic heterocycles. The minimum atomic E-state index is -0.435. The van der Waals surface area contributed by atoms with E-state index in [1.54, 1.807) is 36.2 Å². The van der Waals surface area contributed by atoms with E-state index < -0.39 is 5.82 Å². The van der Waals surface area contributed by atoms with Gasteiger partial charge in [-0.25, -0.2) is 9.37 Å². The molecule has 0 spiro atoms. The second-order valence-corrected chi connectivity index (χ2v) is 6.81. The molecule has 0 aliphatic carbocycles. The molecule has 0 radical (unpaired) electrons. The maximum Gasteiger partial charge on any atom is 0.274 e. The molecule has 3 aromatic rings. The number of amides is 1. The van der Waals surface area contributed by atoms with E-state index in [1.165, 1.54) is 17.4 Å². The van der Waals surface area contributed by atoms with Gasteiger partial charge in [-0.15, -0.1) is 11.3 Å². The van der Waals surface area contributed by atoms with Crippen molar-refractivity contribution >= 4 is 17.2 Å². The van der Waals surface area contributed by atoms with Crippen molar-refractivity contribution in [3.05, 3.63) is 63.6 Å². The number of carbonyl (C=O) groups is 1. The van der Waals surface area contributed by atoms with Crippen LogP contribution >= 0.6 is 11.3 Å². The topological polar surface area (TPSA) is 71.1 Å². The normalized spacial score (nSPS) is 12.0. The maximum atomic E-state index is 13.6. The Hall–Kier alpha value is -2.74.